The van der Waals surface area contributed by atoms with Gasteiger partial charge in [-0.3, -0.25) is 19.3 Å². The first-order chi connectivity index (χ1) is 8.90. The molecule has 2 rings (SSSR count). The van der Waals surface area contributed by atoms with Crippen LogP contribution in [-0.4, -0.2) is 41.2 Å². The molecule has 0 aromatic carbocycles. The SMILES string of the molecule is CCNC(C)(CCCN1C(=O)C2CC2C1=O)C(N)=O. The van der Waals surface area contributed by atoms with Gasteiger partial charge in [0.25, 0.3) is 0 Å². The highest BCUT2D eigenvalue weighted by Gasteiger charge is 2.58. The van der Waals surface area contributed by atoms with E-state index in [0.29, 0.717) is 25.9 Å². The van der Waals surface area contributed by atoms with Crippen LogP contribution in [0.4, 0.5) is 0 Å². The first-order valence-corrected chi connectivity index (χ1v) is 6.81. The van der Waals surface area contributed by atoms with Gasteiger partial charge in [0.2, 0.25) is 17.7 Å². The number of primary amides is 1. The van der Waals surface area contributed by atoms with E-state index in [1.165, 1.54) is 4.90 Å². The second kappa shape index (κ2) is 4.92. The average molecular weight is 267 g/mol. The van der Waals surface area contributed by atoms with Gasteiger partial charge in [0, 0.05) is 6.54 Å². The molecule has 1 saturated carbocycles. The van der Waals surface area contributed by atoms with Crippen LogP contribution in [0, 0.1) is 11.8 Å². The first-order valence-electron chi connectivity index (χ1n) is 6.81. The summed E-state index contributed by atoms with van der Waals surface area (Å²) < 4.78 is 0. The van der Waals surface area contributed by atoms with E-state index in [1.54, 1.807) is 6.92 Å². The van der Waals surface area contributed by atoms with Gasteiger partial charge in [-0.05, 0) is 32.7 Å². The second-order valence-electron chi connectivity index (χ2n) is 5.61. The number of amides is 3. The highest BCUT2D eigenvalue weighted by atomic mass is 16.2. The summed E-state index contributed by atoms with van der Waals surface area (Å²) in [6.07, 6.45) is 1.83. The summed E-state index contributed by atoms with van der Waals surface area (Å²) in [6.45, 7) is 4.69. The van der Waals surface area contributed by atoms with Crippen LogP contribution in [0.5, 0.6) is 0 Å². The number of carbonyl (C=O) groups is 3. The monoisotopic (exact) mass is 267 g/mol. The molecule has 3 atom stereocenters. The second-order valence-corrected chi connectivity index (χ2v) is 5.61. The van der Waals surface area contributed by atoms with E-state index >= 15 is 0 Å². The minimum Gasteiger partial charge on any atom is -0.368 e. The Labute approximate surface area is 112 Å². The number of likely N-dealkylation sites (N-methyl/N-ethyl adjacent to an activating group) is 1. The van der Waals surface area contributed by atoms with Crippen LogP contribution in [0.25, 0.3) is 0 Å². The van der Waals surface area contributed by atoms with Crippen molar-refractivity contribution in [1.29, 1.82) is 0 Å². The zero-order valence-electron chi connectivity index (χ0n) is 11.4. The lowest BCUT2D eigenvalue weighted by Crippen LogP contribution is -2.53. The lowest BCUT2D eigenvalue weighted by atomic mass is 9.94. The highest BCUT2D eigenvalue weighted by Crippen LogP contribution is 2.46. The van der Waals surface area contributed by atoms with E-state index in [9.17, 15) is 14.4 Å². The normalized spacial score (nSPS) is 28.2. The fourth-order valence-electron chi connectivity index (χ4n) is 2.75. The predicted octanol–water partition coefficient (Wildman–Crippen LogP) is -0.375. The number of piperidine rings is 1. The van der Waals surface area contributed by atoms with Crippen LogP contribution in [-0.2, 0) is 14.4 Å². The number of fused-ring (bicyclic) bond motifs is 1. The maximum absolute atomic E-state index is 11.8. The van der Waals surface area contributed by atoms with Gasteiger partial charge in [0.05, 0.1) is 17.4 Å². The van der Waals surface area contributed by atoms with Gasteiger partial charge in [0.15, 0.2) is 0 Å². The molecule has 19 heavy (non-hydrogen) atoms. The van der Waals surface area contributed by atoms with Crippen molar-refractivity contribution >= 4 is 17.7 Å². The van der Waals surface area contributed by atoms with Crippen LogP contribution in [0.15, 0.2) is 0 Å². The van der Waals surface area contributed by atoms with Crippen molar-refractivity contribution in [1.82, 2.24) is 10.2 Å². The molecule has 1 saturated heterocycles. The van der Waals surface area contributed by atoms with E-state index in [2.05, 4.69) is 5.32 Å². The Balaban J connectivity index is 1.84. The van der Waals surface area contributed by atoms with Crippen molar-refractivity contribution in [3.8, 4) is 0 Å². The summed E-state index contributed by atoms with van der Waals surface area (Å²) in [7, 11) is 0. The molecular formula is C13H21N3O3. The van der Waals surface area contributed by atoms with Gasteiger partial charge in [-0.15, -0.1) is 0 Å². The summed E-state index contributed by atoms with van der Waals surface area (Å²) in [5.74, 6) is -0.595. The van der Waals surface area contributed by atoms with E-state index in [-0.39, 0.29) is 23.7 Å². The zero-order valence-corrected chi connectivity index (χ0v) is 11.4. The Bertz CT molecular complexity index is 403. The third-order valence-corrected chi connectivity index (χ3v) is 4.13. The maximum Gasteiger partial charge on any atom is 0.237 e. The maximum atomic E-state index is 11.8. The van der Waals surface area contributed by atoms with Crippen LogP contribution in [0.3, 0.4) is 0 Å². The summed E-state index contributed by atoms with van der Waals surface area (Å²) >= 11 is 0. The third kappa shape index (κ3) is 2.49. The van der Waals surface area contributed by atoms with Gasteiger partial charge >= 0.3 is 0 Å². The molecule has 106 valence electrons. The quantitative estimate of drug-likeness (QED) is 0.615. The molecule has 3 amide bonds. The number of rotatable bonds is 7. The summed E-state index contributed by atoms with van der Waals surface area (Å²) in [6, 6.07) is 0. The molecule has 0 radical (unpaired) electrons. The average Bonchev–Trinajstić information content (AvgIpc) is 3.09. The lowest BCUT2D eigenvalue weighted by Gasteiger charge is -2.27. The standard InChI is InChI=1S/C13H21N3O3/c1-3-15-13(2,12(14)19)5-4-6-16-10(17)8-7-9(8)11(16)18/h8-9,15H,3-7H2,1-2H3,(H2,14,19). The minimum absolute atomic E-state index is 0.0424. The van der Waals surface area contributed by atoms with Crippen molar-refractivity contribution in [2.75, 3.05) is 13.1 Å². The summed E-state index contributed by atoms with van der Waals surface area (Å²) in [5.41, 5.74) is 4.61. The molecule has 3 unspecified atom stereocenters. The number of hydrogen-bond donors (Lipinski definition) is 2. The van der Waals surface area contributed by atoms with Crippen LogP contribution >= 0.6 is 0 Å². The predicted molar refractivity (Wildman–Crippen MR) is 68.8 cm³/mol. The number of nitrogens with zero attached hydrogens (tertiary/aromatic N) is 1. The number of likely N-dealkylation sites (tertiary alicyclic amines) is 1. The fraction of sp³-hybridized carbons (Fsp3) is 0.769. The fourth-order valence-corrected chi connectivity index (χ4v) is 2.75. The smallest absolute Gasteiger partial charge is 0.237 e. The largest absolute Gasteiger partial charge is 0.368 e. The highest BCUT2D eigenvalue weighted by molar-refractivity contribution is 6.08. The van der Waals surface area contributed by atoms with E-state index in [1.807, 2.05) is 6.92 Å². The van der Waals surface area contributed by atoms with Crippen molar-refractivity contribution in [2.45, 2.75) is 38.6 Å². The molecule has 0 aromatic heterocycles. The molecular weight excluding hydrogens is 246 g/mol. The molecule has 2 fully saturated rings. The van der Waals surface area contributed by atoms with Gasteiger partial charge in [-0.1, -0.05) is 6.92 Å². The molecule has 2 aliphatic rings. The van der Waals surface area contributed by atoms with Crippen LogP contribution < -0.4 is 11.1 Å². The summed E-state index contributed by atoms with van der Waals surface area (Å²) in [4.78, 5) is 36.3. The van der Waals surface area contributed by atoms with Crippen molar-refractivity contribution < 1.29 is 14.4 Å². The van der Waals surface area contributed by atoms with Gasteiger partial charge in [0.1, 0.15) is 0 Å². The molecule has 1 aliphatic heterocycles. The Morgan fingerprint density at radius 1 is 1.42 bits per heavy atom. The molecule has 1 aliphatic carbocycles. The van der Waals surface area contributed by atoms with Gasteiger partial charge in [-0.2, -0.15) is 0 Å². The molecule has 0 aromatic rings. The van der Waals surface area contributed by atoms with Crippen molar-refractivity contribution in [3.63, 3.8) is 0 Å². The Hall–Kier alpha value is -1.43. The number of hydrogen-bond acceptors (Lipinski definition) is 4. The minimum atomic E-state index is -0.774. The van der Waals surface area contributed by atoms with Crippen molar-refractivity contribution in [3.05, 3.63) is 0 Å². The molecule has 6 heteroatoms. The number of imide groups is 1. The topological polar surface area (TPSA) is 92.5 Å². The van der Waals surface area contributed by atoms with E-state index in [0.717, 1.165) is 6.42 Å². The Kier molecular flexibility index (Phi) is 3.62. The van der Waals surface area contributed by atoms with Gasteiger partial charge < -0.3 is 11.1 Å². The Morgan fingerprint density at radius 3 is 2.47 bits per heavy atom. The third-order valence-electron chi connectivity index (χ3n) is 4.13. The van der Waals surface area contributed by atoms with Crippen LogP contribution in [0.1, 0.15) is 33.1 Å². The number of carbonyl (C=O) groups excluding carboxylic acids is 3. The lowest BCUT2D eigenvalue weighted by molar-refractivity contribution is -0.141. The summed E-state index contributed by atoms with van der Waals surface area (Å²) in [5, 5.41) is 3.06. The first kappa shape index (κ1) is 14.0. The number of nitrogens with two attached hydrogens (primary N) is 1. The van der Waals surface area contributed by atoms with E-state index < -0.39 is 11.4 Å². The van der Waals surface area contributed by atoms with Crippen molar-refractivity contribution in [2.24, 2.45) is 17.6 Å². The van der Waals surface area contributed by atoms with E-state index in [4.69, 9.17) is 5.73 Å². The molecule has 0 spiro atoms. The van der Waals surface area contributed by atoms with Crippen LogP contribution in [0.2, 0.25) is 0 Å². The molecule has 3 N–H and O–H groups in total. The molecule has 0 bridgehead atoms. The molecule has 6 nitrogen and oxygen atoms in total. The Morgan fingerprint density at radius 2 is 2.00 bits per heavy atom. The zero-order chi connectivity index (χ0) is 14.2. The van der Waals surface area contributed by atoms with Gasteiger partial charge in [-0.25, -0.2) is 0 Å². The number of nitrogens with one attached hydrogen (secondary N) is 1. The molecule has 1 heterocycles.